The van der Waals surface area contributed by atoms with Gasteiger partial charge in [0.1, 0.15) is 4.88 Å². The van der Waals surface area contributed by atoms with Gasteiger partial charge >= 0.3 is 5.97 Å². The van der Waals surface area contributed by atoms with E-state index in [9.17, 15) is 4.79 Å². The molecular weight excluding hydrogens is 328 g/mol. The lowest BCUT2D eigenvalue weighted by Crippen LogP contribution is -2.20. The van der Waals surface area contributed by atoms with Gasteiger partial charge in [-0.3, -0.25) is 0 Å². The molecule has 0 saturated heterocycles. The van der Waals surface area contributed by atoms with Crippen molar-refractivity contribution in [3.8, 4) is 0 Å². The van der Waals surface area contributed by atoms with E-state index < -0.39 is 5.97 Å². The maximum Gasteiger partial charge on any atom is 0.350 e. The van der Waals surface area contributed by atoms with Crippen LogP contribution < -0.4 is 10.6 Å². The average Bonchev–Trinajstić information content (AvgIpc) is 2.90. The van der Waals surface area contributed by atoms with Gasteiger partial charge in [-0.05, 0) is 48.3 Å². The standard InChI is InChI=1S/C14H13ClN2O2S2/c1-8-3-4-9(7-10(8)15)16-14(20)17-11-5-6-21-12(11)13(18)19-2/h3-7H,1-2H3,(H2,16,17,20). The highest BCUT2D eigenvalue weighted by Crippen LogP contribution is 2.24. The van der Waals surface area contributed by atoms with E-state index in [1.54, 1.807) is 17.5 Å². The number of esters is 1. The number of rotatable bonds is 3. The summed E-state index contributed by atoms with van der Waals surface area (Å²) in [5.41, 5.74) is 2.38. The number of hydrogen-bond donors (Lipinski definition) is 2. The normalized spacial score (nSPS) is 10.0. The Balaban J connectivity index is 2.07. The molecular formula is C14H13ClN2O2S2. The van der Waals surface area contributed by atoms with Gasteiger partial charge < -0.3 is 15.4 Å². The van der Waals surface area contributed by atoms with Crippen molar-refractivity contribution in [2.45, 2.75) is 6.92 Å². The third-order valence-corrected chi connectivity index (χ3v) is 4.22. The summed E-state index contributed by atoms with van der Waals surface area (Å²) >= 11 is 12.6. The summed E-state index contributed by atoms with van der Waals surface area (Å²) in [4.78, 5) is 12.1. The molecule has 1 aromatic heterocycles. The molecule has 0 aliphatic rings. The van der Waals surface area contributed by atoms with Crippen molar-refractivity contribution in [2.75, 3.05) is 17.7 Å². The van der Waals surface area contributed by atoms with E-state index in [0.29, 0.717) is 20.7 Å². The van der Waals surface area contributed by atoms with E-state index in [0.717, 1.165) is 11.3 Å². The molecule has 0 amide bonds. The van der Waals surface area contributed by atoms with E-state index in [2.05, 4.69) is 10.6 Å². The summed E-state index contributed by atoms with van der Waals surface area (Å²) in [6.45, 7) is 1.93. The van der Waals surface area contributed by atoms with Crippen LogP contribution in [0.25, 0.3) is 0 Å². The molecule has 0 atom stereocenters. The number of hydrogen-bond acceptors (Lipinski definition) is 4. The Morgan fingerprint density at radius 2 is 2.10 bits per heavy atom. The number of aryl methyl sites for hydroxylation is 1. The average molecular weight is 341 g/mol. The zero-order valence-corrected chi connectivity index (χ0v) is 13.8. The summed E-state index contributed by atoms with van der Waals surface area (Å²) in [5, 5.41) is 8.82. The third kappa shape index (κ3) is 3.93. The zero-order valence-electron chi connectivity index (χ0n) is 11.4. The van der Waals surface area contributed by atoms with Crippen LogP contribution in [-0.4, -0.2) is 18.2 Å². The number of nitrogens with one attached hydrogen (secondary N) is 2. The van der Waals surface area contributed by atoms with Crippen molar-refractivity contribution in [2.24, 2.45) is 0 Å². The van der Waals surface area contributed by atoms with Crippen LogP contribution in [0.5, 0.6) is 0 Å². The summed E-state index contributed by atoms with van der Waals surface area (Å²) in [6.07, 6.45) is 0. The first kappa shape index (κ1) is 15.8. The molecule has 0 unspecified atom stereocenters. The predicted molar refractivity (Wildman–Crippen MR) is 91.7 cm³/mol. The van der Waals surface area contributed by atoms with Gasteiger partial charge in [-0.25, -0.2) is 4.79 Å². The molecule has 0 fully saturated rings. The number of carbonyl (C=O) groups is 1. The minimum atomic E-state index is -0.395. The number of halogens is 1. The lowest BCUT2D eigenvalue weighted by atomic mass is 10.2. The van der Waals surface area contributed by atoms with E-state index in [1.807, 2.05) is 19.1 Å². The summed E-state index contributed by atoms with van der Waals surface area (Å²) in [6, 6.07) is 7.34. The minimum Gasteiger partial charge on any atom is -0.465 e. The smallest absolute Gasteiger partial charge is 0.350 e. The van der Waals surface area contributed by atoms with E-state index in [-0.39, 0.29) is 0 Å². The van der Waals surface area contributed by atoms with Gasteiger partial charge in [0.05, 0.1) is 12.8 Å². The van der Waals surface area contributed by atoms with Crippen molar-refractivity contribution in [1.82, 2.24) is 0 Å². The number of anilines is 2. The molecule has 1 aromatic carbocycles. The van der Waals surface area contributed by atoms with Gasteiger partial charge in [-0.1, -0.05) is 17.7 Å². The molecule has 2 aromatic rings. The van der Waals surface area contributed by atoms with Crippen LogP contribution in [0, 0.1) is 6.92 Å². The largest absolute Gasteiger partial charge is 0.465 e. The maximum absolute atomic E-state index is 11.6. The van der Waals surface area contributed by atoms with Gasteiger partial charge in [0, 0.05) is 10.7 Å². The highest BCUT2D eigenvalue weighted by atomic mass is 35.5. The monoisotopic (exact) mass is 340 g/mol. The Hall–Kier alpha value is -1.63. The number of carbonyl (C=O) groups excluding carboxylic acids is 1. The molecule has 0 radical (unpaired) electrons. The van der Waals surface area contributed by atoms with E-state index >= 15 is 0 Å². The molecule has 1 heterocycles. The Bertz CT molecular complexity index is 685. The highest BCUT2D eigenvalue weighted by Gasteiger charge is 2.14. The SMILES string of the molecule is COC(=O)c1sccc1NC(=S)Nc1ccc(C)c(Cl)c1. The molecule has 110 valence electrons. The molecule has 7 heteroatoms. The molecule has 2 rings (SSSR count). The quantitative estimate of drug-likeness (QED) is 0.644. The number of ether oxygens (including phenoxy) is 1. The number of methoxy groups -OCH3 is 1. The highest BCUT2D eigenvalue weighted by molar-refractivity contribution is 7.80. The lowest BCUT2D eigenvalue weighted by Gasteiger charge is -2.11. The van der Waals surface area contributed by atoms with Crippen LogP contribution in [0.2, 0.25) is 5.02 Å². The molecule has 21 heavy (non-hydrogen) atoms. The summed E-state index contributed by atoms with van der Waals surface area (Å²) < 4.78 is 4.71. The molecule has 0 aliphatic heterocycles. The van der Waals surface area contributed by atoms with Crippen molar-refractivity contribution < 1.29 is 9.53 Å². The molecule has 0 spiro atoms. The van der Waals surface area contributed by atoms with E-state index in [1.165, 1.54) is 18.4 Å². The fourth-order valence-electron chi connectivity index (χ4n) is 1.61. The van der Waals surface area contributed by atoms with Crippen LogP contribution in [0.1, 0.15) is 15.2 Å². The van der Waals surface area contributed by atoms with E-state index in [4.69, 9.17) is 28.6 Å². The molecule has 0 aliphatic carbocycles. The number of benzene rings is 1. The Morgan fingerprint density at radius 1 is 1.33 bits per heavy atom. The Kier molecular flexibility index (Phi) is 5.17. The second-order valence-electron chi connectivity index (χ2n) is 4.20. The first-order valence-electron chi connectivity index (χ1n) is 6.01. The van der Waals surface area contributed by atoms with Gasteiger partial charge in [0.25, 0.3) is 0 Å². The summed E-state index contributed by atoms with van der Waals surface area (Å²) in [7, 11) is 1.34. The minimum absolute atomic E-state index is 0.374. The third-order valence-electron chi connectivity index (χ3n) is 2.71. The second kappa shape index (κ2) is 6.89. The van der Waals surface area contributed by atoms with Crippen LogP contribution in [0.15, 0.2) is 29.6 Å². The fourth-order valence-corrected chi connectivity index (χ4v) is 2.79. The fraction of sp³-hybridized carbons (Fsp3) is 0.143. The van der Waals surface area contributed by atoms with Gasteiger partial charge in [0.2, 0.25) is 0 Å². The Labute approximate surface area is 137 Å². The molecule has 4 nitrogen and oxygen atoms in total. The van der Waals surface area contributed by atoms with Crippen LogP contribution >= 0.6 is 35.2 Å². The van der Waals surface area contributed by atoms with Crippen molar-refractivity contribution in [1.29, 1.82) is 0 Å². The predicted octanol–water partition coefficient (Wildman–Crippen LogP) is 4.31. The maximum atomic E-state index is 11.6. The first-order chi connectivity index (χ1) is 10.0. The van der Waals surface area contributed by atoms with Crippen molar-refractivity contribution in [3.63, 3.8) is 0 Å². The first-order valence-corrected chi connectivity index (χ1v) is 7.68. The topological polar surface area (TPSA) is 50.4 Å². The molecule has 2 N–H and O–H groups in total. The van der Waals surface area contributed by atoms with Crippen LogP contribution in [-0.2, 0) is 4.74 Å². The van der Waals surface area contributed by atoms with Gasteiger partial charge in [-0.15, -0.1) is 11.3 Å². The van der Waals surface area contributed by atoms with Gasteiger partial charge in [0.15, 0.2) is 5.11 Å². The van der Waals surface area contributed by atoms with Crippen molar-refractivity contribution >= 4 is 57.6 Å². The van der Waals surface area contributed by atoms with Crippen molar-refractivity contribution in [3.05, 3.63) is 45.1 Å². The molecule has 0 saturated carbocycles. The van der Waals surface area contributed by atoms with Gasteiger partial charge in [-0.2, -0.15) is 0 Å². The summed E-state index contributed by atoms with van der Waals surface area (Å²) in [5.74, 6) is -0.395. The Morgan fingerprint density at radius 3 is 2.76 bits per heavy atom. The number of thiocarbonyl (C=S) groups is 1. The van der Waals surface area contributed by atoms with Crippen LogP contribution in [0.3, 0.4) is 0 Å². The second-order valence-corrected chi connectivity index (χ2v) is 5.93. The zero-order chi connectivity index (χ0) is 15.4. The molecule has 0 bridgehead atoms. The number of thiophene rings is 1. The van der Waals surface area contributed by atoms with Crippen LogP contribution in [0.4, 0.5) is 11.4 Å². The lowest BCUT2D eigenvalue weighted by molar-refractivity contribution is 0.0607.